The van der Waals surface area contributed by atoms with Gasteiger partial charge in [0.1, 0.15) is 6.61 Å². The Morgan fingerprint density at radius 3 is 2.30 bits per heavy atom. The van der Waals surface area contributed by atoms with Gasteiger partial charge in [-0.25, -0.2) is 8.78 Å². The fourth-order valence-electron chi connectivity index (χ4n) is 1.78. The third-order valence-electron chi connectivity index (χ3n) is 3.11. The molecule has 0 bridgehead atoms. The summed E-state index contributed by atoms with van der Waals surface area (Å²) in [7, 11) is 0. The maximum absolute atomic E-state index is 13.7. The summed E-state index contributed by atoms with van der Waals surface area (Å²) in [4.78, 5) is 0. The van der Waals surface area contributed by atoms with Crippen LogP contribution in [0.4, 0.5) is 8.78 Å². The van der Waals surface area contributed by atoms with Crippen LogP contribution in [0.25, 0.3) is 0 Å². The maximum atomic E-state index is 13.7. The summed E-state index contributed by atoms with van der Waals surface area (Å²) >= 11 is 0. The molecule has 0 aliphatic heterocycles. The van der Waals surface area contributed by atoms with Crippen molar-refractivity contribution in [1.29, 1.82) is 0 Å². The molecule has 0 aliphatic rings. The molecule has 0 aliphatic carbocycles. The predicted octanol–water partition coefficient (Wildman–Crippen LogP) is 3.42. The molecule has 0 fully saturated rings. The fraction of sp³-hybridized carbons (Fsp3) is 0.867. The van der Waals surface area contributed by atoms with Crippen molar-refractivity contribution in [1.82, 2.24) is 0 Å². The number of aliphatic hydroxyl groups excluding tert-OH is 1. The Morgan fingerprint density at radius 2 is 1.80 bits per heavy atom. The summed E-state index contributed by atoms with van der Waals surface area (Å²) in [6.45, 7) is 7.29. The molecule has 0 aromatic carbocycles. The van der Waals surface area contributed by atoms with E-state index in [1.54, 1.807) is 0 Å². The van der Waals surface area contributed by atoms with Gasteiger partial charge in [-0.2, -0.15) is 0 Å². The van der Waals surface area contributed by atoms with Crippen LogP contribution < -0.4 is 0 Å². The quantitative estimate of drug-likeness (QED) is 0.418. The van der Waals surface area contributed by atoms with Gasteiger partial charge in [-0.05, 0) is 12.8 Å². The largest absolute Gasteiger partial charge is 0.390 e. The van der Waals surface area contributed by atoms with Crippen LogP contribution >= 0.6 is 0 Å². The molecule has 0 saturated heterocycles. The molecule has 0 rings (SSSR count). The van der Waals surface area contributed by atoms with E-state index in [0.29, 0.717) is 13.2 Å². The first kappa shape index (κ1) is 19.5. The summed E-state index contributed by atoms with van der Waals surface area (Å²) in [6, 6.07) is 0. The van der Waals surface area contributed by atoms with Crippen molar-refractivity contribution in [2.75, 3.05) is 26.4 Å². The Kier molecular flexibility index (Phi) is 10.9. The highest BCUT2D eigenvalue weighted by Gasteiger charge is 2.42. The second-order valence-electron chi connectivity index (χ2n) is 4.87. The smallest absolute Gasteiger partial charge is 0.279 e. The first-order valence-electron chi connectivity index (χ1n) is 7.34. The lowest BCUT2D eigenvalue weighted by atomic mass is 9.95. The van der Waals surface area contributed by atoms with Gasteiger partial charge in [0.15, 0.2) is 0 Å². The Labute approximate surface area is 121 Å². The van der Waals surface area contributed by atoms with E-state index in [2.05, 4.69) is 6.58 Å². The molecule has 0 amide bonds. The van der Waals surface area contributed by atoms with Crippen LogP contribution in [0.5, 0.6) is 0 Å². The van der Waals surface area contributed by atoms with Gasteiger partial charge in [-0.3, -0.25) is 0 Å². The number of hydrogen-bond acceptors (Lipinski definition) is 3. The number of rotatable bonds is 13. The summed E-state index contributed by atoms with van der Waals surface area (Å²) in [6.07, 6.45) is 3.97. The molecular weight excluding hydrogens is 266 g/mol. The second kappa shape index (κ2) is 11.2. The number of halogens is 2. The number of ether oxygens (including phenoxy) is 2. The minimum atomic E-state index is -3.24. The molecule has 0 aromatic rings. The van der Waals surface area contributed by atoms with Gasteiger partial charge in [-0.15, -0.1) is 6.58 Å². The van der Waals surface area contributed by atoms with E-state index in [4.69, 9.17) is 14.6 Å². The van der Waals surface area contributed by atoms with Gasteiger partial charge in [0, 0.05) is 13.2 Å². The fourth-order valence-corrected chi connectivity index (χ4v) is 1.78. The highest BCUT2D eigenvalue weighted by atomic mass is 19.3. The van der Waals surface area contributed by atoms with Crippen molar-refractivity contribution in [3.8, 4) is 0 Å². The Morgan fingerprint density at radius 1 is 1.20 bits per heavy atom. The molecular formula is C15H28F2O3. The van der Waals surface area contributed by atoms with Crippen LogP contribution in [0.15, 0.2) is 12.7 Å². The standard InChI is InChI=1S/C15H28F2O3/c1-4-7-9-19-11-14(20-10-8-5-2)13(6-3)15(16,17)12-18/h6,13-14,18H,3-5,7-12H2,1-2H3/t13-,14+/m1/s1. The second-order valence-corrected chi connectivity index (χ2v) is 4.87. The van der Waals surface area contributed by atoms with Crippen LogP contribution in [-0.2, 0) is 9.47 Å². The molecule has 2 atom stereocenters. The molecule has 0 radical (unpaired) electrons. The third-order valence-corrected chi connectivity index (χ3v) is 3.11. The lowest BCUT2D eigenvalue weighted by Crippen LogP contribution is -2.42. The molecule has 0 saturated carbocycles. The normalized spacial score (nSPS) is 15.1. The minimum Gasteiger partial charge on any atom is -0.390 e. The summed E-state index contributed by atoms with van der Waals surface area (Å²) in [5.74, 6) is -4.49. The van der Waals surface area contributed by atoms with Crippen molar-refractivity contribution in [3.63, 3.8) is 0 Å². The Hall–Kier alpha value is -0.520. The van der Waals surface area contributed by atoms with Crippen molar-refractivity contribution < 1.29 is 23.4 Å². The maximum Gasteiger partial charge on any atom is 0.279 e. The van der Waals surface area contributed by atoms with E-state index in [-0.39, 0.29) is 6.61 Å². The lowest BCUT2D eigenvalue weighted by Gasteiger charge is -2.30. The molecule has 0 aromatic heterocycles. The molecule has 120 valence electrons. The average Bonchev–Trinajstić information content (AvgIpc) is 2.43. The lowest BCUT2D eigenvalue weighted by molar-refractivity contribution is -0.143. The predicted molar refractivity (Wildman–Crippen MR) is 76.1 cm³/mol. The Balaban J connectivity index is 4.56. The monoisotopic (exact) mass is 294 g/mol. The average molecular weight is 294 g/mol. The number of aliphatic hydroxyl groups is 1. The summed E-state index contributed by atoms with van der Waals surface area (Å²) in [5.41, 5.74) is 0. The van der Waals surface area contributed by atoms with E-state index >= 15 is 0 Å². The van der Waals surface area contributed by atoms with E-state index < -0.39 is 24.6 Å². The van der Waals surface area contributed by atoms with Gasteiger partial charge in [0.2, 0.25) is 0 Å². The first-order chi connectivity index (χ1) is 9.53. The van der Waals surface area contributed by atoms with Crippen molar-refractivity contribution >= 4 is 0 Å². The summed E-state index contributed by atoms with van der Waals surface area (Å²) in [5, 5.41) is 8.83. The van der Waals surface area contributed by atoms with E-state index in [1.165, 1.54) is 0 Å². The zero-order valence-corrected chi connectivity index (χ0v) is 12.6. The number of unbranched alkanes of at least 4 members (excludes halogenated alkanes) is 2. The molecule has 1 N–H and O–H groups in total. The van der Waals surface area contributed by atoms with E-state index in [0.717, 1.165) is 31.8 Å². The molecule has 0 heterocycles. The topological polar surface area (TPSA) is 38.7 Å². The van der Waals surface area contributed by atoms with Gasteiger partial charge in [0.25, 0.3) is 5.92 Å². The minimum absolute atomic E-state index is 0.0932. The zero-order chi connectivity index (χ0) is 15.4. The molecule has 0 spiro atoms. The van der Waals surface area contributed by atoms with Gasteiger partial charge >= 0.3 is 0 Å². The van der Waals surface area contributed by atoms with E-state index in [1.807, 2.05) is 13.8 Å². The molecule has 5 heteroatoms. The van der Waals surface area contributed by atoms with Gasteiger partial charge in [-0.1, -0.05) is 32.8 Å². The Bertz CT molecular complexity index is 247. The van der Waals surface area contributed by atoms with Crippen LogP contribution in [0, 0.1) is 5.92 Å². The SMILES string of the molecule is C=C[C@H]([C@H](COCCCC)OCCCC)C(F)(F)CO. The first-order valence-corrected chi connectivity index (χ1v) is 7.34. The molecule has 3 nitrogen and oxygen atoms in total. The van der Waals surface area contributed by atoms with Crippen LogP contribution in [0.1, 0.15) is 39.5 Å². The van der Waals surface area contributed by atoms with Crippen molar-refractivity contribution in [2.24, 2.45) is 5.92 Å². The molecule has 20 heavy (non-hydrogen) atoms. The van der Waals surface area contributed by atoms with Crippen molar-refractivity contribution in [3.05, 3.63) is 12.7 Å². The van der Waals surface area contributed by atoms with Crippen molar-refractivity contribution in [2.45, 2.75) is 51.6 Å². The number of hydrogen-bond donors (Lipinski definition) is 1. The van der Waals surface area contributed by atoms with Crippen LogP contribution in [0.2, 0.25) is 0 Å². The van der Waals surface area contributed by atoms with Gasteiger partial charge < -0.3 is 14.6 Å². The zero-order valence-electron chi connectivity index (χ0n) is 12.6. The van der Waals surface area contributed by atoms with Crippen LogP contribution in [-0.4, -0.2) is 43.6 Å². The highest BCUT2D eigenvalue weighted by Crippen LogP contribution is 2.30. The summed E-state index contributed by atoms with van der Waals surface area (Å²) < 4.78 is 38.3. The van der Waals surface area contributed by atoms with E-state index in [9.17, 15) is 8.78 Å². The van der Waals surface area contributed by atoms with Gasteiger partial charge in [0.05, 0.1) is 18.6 Å². The highest BCUT2D eigenvalue weighted by molar-refractivity contribution is 4.95. The van der Waals surface area contributed by atoms with Crippen LogP contribution in [0.3, 0.4) is 0 Å². The third kappa shape index (κ3) is 7.31. The number of alkyl halides is 2. The molecule has 0 unspecified atom stereocenters.